The van der Waals surface area contributed by atoms with E-state index in [0.717, 1.165) is 56.9 Å². The van der Waals surface area contributed by atoms with Crippen LogP contribution in [0.4, 0.5) is 23.4 Å². The largest absolute Gasteiger partial charge is 0.417 e. The van der Waals surface area contributed by atoms with Gasteiger partial charge in [0.1, 0.15) is 11.6 Å². The van der Waals surface area contributed by atoms with Gasteiger partial charge in [-0.15, -0.1) is 0 Å². The van der Waals surface area contributed by atoms with Crippen LogP contribution >= 0.6 is 0 Å². The van der Waals surface area contributed by atoms with Crippen LogP contribution in [0.1, 0.15) is 39.1 Å². The van der Waals surface area contributed by atoms with Crippen molar-refractivity contribution in [2.45, 2.75) is 46.8 Å². The van der Waals surface area contributed by atoms with Crippen LogP contribution in [-0.4, -0.2) is 26.3 Å². The van der Waals surface area contributed by atoms with E-state index in [1.807, 2.05) is 47.7 Å². The van der Waals surface area contributed by atoms with Crippen molar-refractivity contribution in [2.24, 2.45) is 0 Å². The van der Waals surface area contributed by atoms with Gasteiger partial charge in [0.2, 0.25) is 0 Å². The normalized spacial score (nSPS) is 13.8. The van der Waals surface area contributed by atoms with E-state index in [2.05, 4.69) is 9.97 Å². The van der Waals surface area contributed by atoms with Crippen LogP contribution in [0.2, 0.25) is 0 Å². The van der Waals surface area contributed by atoms with Crippen LogP contribution < -0.4 is 4.90 Å². The number of anilines is 1. The van der Waals surface area contributed by atoms with E-state index in [-0.39, 0.29) is 5.82 Å². The quantitative estimate of drug-likeness (QED) is 0.246. The Kier molecular flexibility index (Phi) is 5.78. The second-order valence-corrected chi connectivity index (χ2v) is 10.3. The van der Waals surface area contributed by atoms with Gasteiger partial charge in [-0.2, -0.15) is 18.3 Å². The molecule has 6 rings (SSSR count). The van der Waals surface area contributed by atoms with E-state index in [0.29, 0.717) is 42.0 Å². The zero-order valence-corrected chi connectivity index (χ0v) is 22.0. The second-order valence-electron chi connectivity index (χ2n) is 10.3. The lowest BCUT2D eigenvalue weighted by Crippen LogP contribution is -2.31. The molecule has 39 heavy (non-hydrogen) atoms. The number of pyridine rings is 1. The maximum absolute atomic E-state index is 15.3. The lowest BCUT2D eigenvalue weighted by molar-refractivity contribution is -0.137. The topological polar surface area (TPSA) is 49.7 Å². The highest BCUT2D eigenvalue weighted by Gasteiger charge is 2.33. The predicted octanol–water partition coefficient (Wildman–Crippen LogP) is 7.37. The van der Waals surface area contributed by atoms with E-state index in [4.69, 9.17) is 5.10 Å². The maximum Gasteiger partial charge on any atom is 0.417 e. The number of halogens is 4. The van der Waals surface area contributed by atoms with Crippen LogP contribution in [0.5, 0.6) is 0 Å². The highest BCUT2D eigenvalue weighted by Crippen LogP contribution is 2.40. The third kappa shape index (κ3) is 4.07. The van der Waals surface area contributed by atoms with Crippen molar-refractivity contribution >= 4 is 16.7 Å². The molecule has 0 radical (unpaired) electrons. The lowest BCUT2D eigenvalue weighted by atomic mass is 9.96. The summed E-state index contributed by atoms with van der Waals surface area (Å²) in [6.45, 7) is 8.38. The Hall–Kier alpha value is -4.14. The fourth-order valence-corrected chi connectivity index (χ4v) is 5.72. The molecule has 2 aromatic carbocycles. The second kappa shape index (κ2) is 8.97. The number of aromatic amines is 1. The minimum atomic E-state index is -4.46. The fourth-order valence-electron chi connectivity index (χ4n) is 5.72. The first-order valence-corrected chi connectivity index (χ1v) is 12.8. The summed E-state index contributed by atoms with van der Waals surface area (Å²) in [5, 5.41) is 5.93. The first-order chi connectivity index (χ1) is 18.5. The van der Waals surface area contributed by atoms with E-state index < -0.39 is 11.7 Å². The zero-order valence-electron chi connectivity index (χ0n) is 22.0. The van der Waals surface area contributed by atoms with E-state index in [1.54, 1.807) is 26.1 Å². The Labute approximate surface area is 223 Å². The number of fused-ring (bicyclic) bond motifs is 2. The zero-order chi connectivity index (χ0) is 27.6. The SMILES string of the molecule is Cc1cc(C(F)(F)F)cnc1N1CCc2nn(-c3c(C)cccc3C)c(-c3cc(F)c(C)c4[nH]ccc34)c2C1. The van der Waals surface area contributed by atoms with Crippen LogP contribution in [0.15, 0.2) is 48.8 Å². The number of aromatic nitrogens is 4. The van der Waals surface area contributed by atoms with E-state index in [9.17, 15) is 13.2 Å². The van der Waals surface area contributed by atoms with Crippen molar-refractivity contribution in [1.82, 2.24) is 19.7 Å². The molecule has 5 nitrogen and oxygen atoms in total. The Balaban J connectivity index is 1.57. The van der Waals surface area contributed by atoms with Gasteiger partial charge in [0, 0.05) is 54.0 Å². The van der Waals surface area contributed by atoms with Crippen LogP contribution in [0.3, 0.4) is 0 Å². The van der Waals surface area contributed by atoms with Crippen molar-refractivity contribution in [2.75, 3.05) is 11.4 Å². The number of hydrogen-bond acceptors (Lipinski definition) is 3. The van der Waals surface area contributed by atoms with Gasteiger partial charge in [-0.05, 0) is 62.6 Å². The molecule has 200 valence electrons. The van der Waals surface area contributed by atoms with Crippen molar-refractivity contribution < 1.29 is 17.6 Å². The van der Waals surface area contributed by atoms with Gasteiger partial charge in [-0.1, -0.05) is 18.2 Å². The molecule has 0 saturated heterocycles. The molecular formula is C30H27F4N5. The van der Waals surface area contributed by atoms with Gasteiger partial charge >= 0.3 is 6.18 Å². The van der Waals surface area contributed by atoms with Gasteiger partial charge in [-0.3, -0.25) is 0 Å². The van der Waals surface area contributed by atoms with Crippen LogP contribution in [-0.2, 0) is 19.1 Å². The fraction of sp³-hybridized carbons (Fsp3) is 0.267. The minimum absolute atomic E-state index is 0.323. The van der Waals surface area contributed by atoms with Crippen molar-refractivity contribution in [3.8, 4) is 16.9 Å². The van der Waals surface area contributed by atoms with Crippen molar-refractivity contribution in [1.29, 1.82) is 0 Å². The summed E-state index contributed by atoms with van der Waals surface area (Å²) in [4.78, 5) is 9.37. The monoisotopic (exact) mass is 533 g/mol. The Morgan fingerprint density at radius 3 is 2.41 bits per heavy atom. The smallest absolute Gasteiger partial charge is 0.361 e. The molecule has 0 aliphatic carbocycles. The number of para-hydroxylation sites is 1. The number of alkyl halides is 3. The molecule has 0 atom stereocenters. The first-order valence-electron chi connectivity index (χ1n) is 12.8. The number of rotatable bonds is 3. The Bertz CT molecular complexity index is 1720. The summed E-state index contributed by atoms with van der Waals surface area (Å²) in [7, 11) is 0. The number of aryl methyl sites for hydroxylation is 4. The molecule has 0 spiro atoms. The van der Waals surface area contributed by atoms with Gasteiger partial charge < -0.3 is 9.88 Å². The first kappa shape index (κ1) is 25.2. The van der Waals surface area contributed by atoms with Gasteiger partial charge in [0.25, 0.3) is 0 Å². The molecule has 0 fully saturated rings. The van der Waals surface area contributed by atoms with Crippen molar-refractivity contribution in [3.05, 3.63) is 93.7 Å². The summed E-state index contributed by atoms with van der Waals surface area (Å²) in [6.07, 6.45) is -1.19. The molecule has 0 saturated carbocycles. The lowest BCUT2D eigenvalue weighted by Gasteiger charge is -2.29. The summed E-state index contributed by atoms with van der Waals surface area (Å²) in [6, 6.07) is 10.7. The van der Waals surface area contributed by atoms with Crippen LogP contribution in [0.25, 0.3) is 27.8 Å². The molecule has 1 aliphatic rings. The van der Waals surface area contributed by atoms with Gasteiger partial charge in [0.15, 0.2) is 0 Å². The van der Waals surface area contributed by atoms with Crippen molar-refractivity contribution in [3.63, 3.8) is 0 Å². The molecule has 3 aromatic heterocycles. The molecule has 0 unspecified atom stereocenters. The summed E-state index contributed by atoms with van der Waals surface area (Å²) < 4.78 is 57.0. The molecule has 1 aliphatic heterocycles. The summed E-state index contributed by atoms with van der Waals surface area (Å²) in [5.74, 6) is 0.178. The highest BCUT2D eigenvalue weighted by molar-refractivity contribution is 5.97. The number of nitrogens with one attached hydrogen (secondary N) is 1. The molecule has 4 heterocycles. The highest BCUT2D eigenvalue weighted by atomic mass is 19.4. The third-order valence-corrected chi connectivity index (χ3v) is 7.66. The number of hydrogen-bond donors (Lipinski definition) is 1. The van der Waals surface area contributed by atoms with Gasteiger partial charge in [0.05, 0.1) is 28.2 Å². The average Bonchev–Trinajstić information content (AvgIpc) is 3.51. The van der Waals surface area contributed by atoms with Gasteiger partial charge in [-0.25, -0.2) is 14.1 Å². The van der Waals surface area contributed by atoms with Crippen LogP contribution in [0, 0.1) is 33.5 Å². The third-order valence-electron chi connectivity index (χ3n) is 7.66. The Morgan fingerprint density at radius 2 is 1.72 bits per heavy atom. The Morgan fingerprint density at radius 1 is 0.974 bits per heavy atom. The number of nitrogens with zero attached hydrogens (tertiary/aromatic N) is 4. The molecule has 0 bridgehead atoms. The minimum Gasteiger partial charge on any atom is -0.361 e. The summed E-state index contributed by atoms with van der Waals surface area (Å²) >= 11 is 0. The van der Waals surface area contributed by atoms with E-state index >= 15 is 4.39 Å². The average molecular weight is 534 g/mol. The molecule has 9 heteroatoms. The molecule has 5 aromatic rings. The maximum atomic E-state index is 15.3. The molecule has 0 amide bonds. The van der Waals surface area contributed by atoms with E-state index in [1.165, 1.54) is 0 Å². The molecular weight excluding hydrogens is 506 g/mol. The number of H-pyrrole nitrogens is 1. The molecule has 1 N–H and O–H groups in total. The number of benzene rings is 2. The summed E-state index contributed by atoms with van der Waals surface area (Å²) in [5.41, 5.74) is 7.23. The predicted molar refractivity (Wildman–Crippen MR) is 144 cm³/mol. The standard InChI is InChI=1S/C30H27F4N5/c1-16-6-5-7-17(2)27(16)39-28(22-13-24(31)19(4)26-21(22)8-10-35-26)23-15-38(11-9-25(23)37-39)29-18(3)12-20(14-36-29)30(32,33)34/h5-8,10,12-14,35H,9,11,15H2,1-4H3.